The molecule has 1 aliphatic carbocycles. The van der Waals surface area contributed by atoms with E-state index in [2.05, 4.69) is 37.4 Å². The molecule has 6 nitrogen and oxygen atoms in total. The summed E-state index contributed by atoms with van der Waals surface area (Å²) in [5.41, 5.74) is 4.49. The van der Waals surface area contributed by atoms with Crippen LogP contribution in [0.1, 0.15) is 56.0 Å². The summed E-state index contributed by atoms with van der Waals surface area (Å²) < 4.78 is 18.1. The third-order valence-electron chi connectivity index (χ3n) is 8.16. The van der Waals surface area contributed by atoms with Crippen molar-refractivity contribution in [2.45, 2.75) is 52.5 Å². The molecule has 1 aromatic heterocycles. The topological polar surface area (TPSA) is 72.6 Å². The van der Waals surface area contributed by atoms with Crippen LogP contribution in [0.2, 0.25) is 0 Å². The maximum atomic E-state index is 14.6. The standard InChI is InChI=1S/C26H30FN5O.In/c1-6-19(29-5)23-17-8-9-25(3,4)12-20(17)30-24(18(23)14-28)32-11-10-26(21(32)13-27)15-31(16-26)22(33)7-2;/h5,7,21H,2,8-13,15-16H2,1,3-4H3;/t21-;/m0./s1. The number of likely N-dealkylation sites (tertiary alicyclic amines) is 1. The molecule has 34 heavy (non-hydrogen) atoms. The first-order valence-electron chi connectivity index (χ1n) is 12.0. The number of anilines is 1. The third-order valence-corrected chi connectivity index (χ3v) is 11.2. The summed E-state index contributed by atoms with van der Waals surface area (Å²) in [5, 5.41) is 10.4. The molecule has 1 amide bonds. The van der Waals surface area contributed by atoms with Crippen LogP contribution in [0.25, 0.3) is 5.70 Å². The molecule has 0 saturated carbocycles. The Bertz CT molecular complexity index is 1170. The van der Waals surface area contributed by atoms with E-state index in [4.69, 9.17) is 9.98 Å². The minimum atomic E-state index is -1.01. The Hall–Kier alpha value is -2.14. The molecule has 0 N–H and O–H groups in total. The molecule has 0 unspecified atom stereocenters. The number of alkyl halides is 1. The van der Waals surface area contributed by atoms with Crippen LogP contribution in [-0.4, -0.2) is 75.0 Å². The Labute approximate surface area is 212 Å². The molecule has 0 aromatic carbocycles. The summed E-state index contributed by atoms with van der Waals surface area (Å²) in [5.74, 6) is 0.500. The zero-order valence-electron chi connectivity index (χ0n) is 20.2. The Morgan fingerprint density at radius 3 is 2.79 bits per heavy atom. The Balaban J connectivity index is 1.62. The van der Waals surface area contributed by atoms with Crippen molar-refractivity contribution < 1.29 is 9.18 Å². The fourth-order valence-corrected chi connectivity index (χ4v) is 8.54. The Morgan fingerprint density at radius 2 is 2.18 bits per heavy atom. The van der Waals surface area contributed by atoms with E-state index in [0.717, 1.165) is 48.2 Å². The molecule has 3 aliphatic heterocycles. The van der Waals surface area contributed by atoms with E-state index < -0.39 is 35.6 Å². The van der Waals surface area contributed by atoms with Crippen molar-refractivity contribution in [1.29, 1.82) is 5.26 Å². The van der Waals surface area contributed by atoms with Gasteiger partial charge in [0.1, 0.15) is 0 Å². The number of nitrogens with zero attached hydrogens (tertiary/aromatic N) is 5. The number of amides is 1. The number of rotatable bonds is 4. The van der Waals surface area contributed by atoms with Crippen molar-refractivity contribution in [2.24, 2.45) is 15.8 Å². The normalized spacial score (nSPS) is 24.0. The molecule has 1 aromatic rings. The fraction of sp³-hybridized carbons (Fsp3) is 0.538. The first-order valence-corrected chi connectivity index (χ1v) is 15.6. The van der Waals surface area contributed by atoms with Gasteiger partial charge in [0.15, 0.2) is 0 Å². The van der Waals surface area contributed by atoms with E-state index in [-0.39, 0.29) is 16.7 Å². The van der Waals surface area contributed by atoms with Crippen LogP contribution in [0.5, 0.6) is 0 Å². The van der Waals surface area contributed by atoms with Gasteiger partial charge in [-0.3, -0.25) is 0 Å². The van der Waals surface area contributed by atoms with Gasteiger partial charge in [-0.05, 0) is 0 Å². The van der Waals surface area contributed by atoms with Gasteiger partial charge in [-0.15, -0.1) is 0 Å². The first-order chi connectivity index (χ1) is 16.2. The predicted octanol–water partition coefficient (Wildman–Crippen LogP) is 3.47. The zero-order valence-corrected chi connectivity index (χ0v) is 23.5. The average Bonchev–Trinajstić information content (AvgIpc) is 3.38. The number of halogens is 1. The van der Waals surface area contributed by atoms with E-state index in [1.165, 1.54) is 9.41 Å². The number of hydrogen-bond acceptors (Lipinski definition) is 5. The molecular formula is C26H30FInN5O. The summed E-state index contributed by atoms with van der Waals surface area (Å²) in [6.45, 7) is 11.4. The molecule has 8 heteroatoms. The van der Waals surface area contributed by atoms with Crippen LogP contribution < -0.4 is 4.90 Å². The molecule has 5 rings (SSSR count). The van der Waals surface area contributed by atoms with Crippen molar-refractivity contribution in [1.82, 2.24) is 9.88 Å². The first kappa shape index (κ1) is 23.6. The number of allylic oxidation sites excluding steroid dienone is 1. The number of nitriles is 1. The van der Waals surface area contributed by atoms with E-state index in [0.29, 0.717) is 31.0 Å². The molecule has 175 valence electrons. The third kappa shape index (κ3) is 3.62. The average molecular weight is 562 g/mol. The predicted molar refractivity (Wildman–Crippen MR) is 133 cm³/mol. The molecule has 1 spiro atoms. The van der Waals surface area contributed by atoms with Crippen LogP contribution >= 0.6 is 0 Å². The monoisotopic (exact) mass is 562 g/mol. The van der Waals surface area contributed by atoms with Gasteiger partial charge in [-0.1, -0.05) is 6.58 Å². The van der Waals surface area contributed by atoms with Gasteiger partial charge < -0.3 is 0 Å². The van der Waals surface area contributed by atoms with Gasteiger partial charge in [0.2, 0.25) is 0 Å². The second-order valence-electron chi connectivity index (χ2n) is 10.9. The number of carbonyl (C=O) groups is 1. The number of pyridine rings is 1. The van der Waals surface area contributed by atoms with Crippen molar-refractivity contribution in [3.05, 3.63) is 38.4 Å². The van der Waals surface area contributed by atoms with E-state index >= 15 is 0 Å². The summed E-state index contributed by atoms with van der Waals surface area (Å²) in [4.78, 5) is 25.7. The van der Waals surface area contributed by atoms with Crippen molar-refractivity contribution in [3.8, 4) is 6.07 Å². The summed E-state index contributed by atoms with van der Waals surface area (Å²) >= 11 is -1.01. The van der Waals surface area contributed by atoms with Gasteiger partial charge in [0.05, 0.1) is 0 Å². The van der Waals surface area contributed by atoms with Crippen LogP contribution in [0.4, 0.5) is 10.2 Å². The van der Waals surface area contributed by atoms with Crippen LogP contribution in [0, 0.1) is 22.2 Å². The van der Waals surface area contributed by atoms with Gasteiger partial charge in [0, 0.05) is 0 Å². The molecule has 1 radical (unpaired) electrons. The number of aromatic nitrogens is 1. The zero-order chi connectivity index (χ0) is 24.3. The van der Waals surface area contributed by atoms with Gasteiger partial charge >= 0.3 is 206 Å². The summed E-state index contributed by atoms with van der Waals surface area (Å²) in [6, 6.07) is 2.06. The van der Waals surface area contributed by atoms with Crippen molar-refractivity contribution in [2.75, 3.05) is 31.2 Å². The summed E-state index contributed by atoms with van der Waals surface area (Å²) in [7, 11) is 0. The van der Waals surface area contributed by atoms with E-state index in [1.807, 2.05) is 4.90 Å². The Morgan fingerprint density at radius 1 is 1.41 bits per heavy atom. The van der Waals surface area contributed by atoms with E-state index in [1.54, 1.807) is 4.90 Å². The van der Waals surface area contributed by atoms with Crippen LogP contribution in [-0.2, 0) is 17.6 Å². The fourth-order valence-electron chi connectivity index (χ4n) is 6.18. The number of hydrogen-bond donors (Lipinski definition) is 0. The second-order valence-corrected chi connectivity index (χ2v) is 15.2. The second kappa shape index (κ2) is 8.51. The number of aliphatic imine (C=N–C) groups is 1. The Kier molecular flexibility index (Phi) is 5.91. The maximum absolute atomic E-state index is 14.6. The summed E-state index contributed by atoms with van der Waals surface area (Å²) in [6.07, 6.45) is 4.87. The molecule has 4 aliphatic rings. The van der Waals surface area contributed by atoms with Gasteiger partial charge in [-0.25, -0.2) is 0 Å². The molecule has 0 bridgehead atoms. The quantitative estimate of drug-likeness (QED) is 0.528. The van der Waals surface area contributed by atoms with Crippen molar-refractivity contribution >= 4 is 44.3 Å². The van der Waals surface area contributed by atoms with Crippen LogP contribution in [0.3, 0.4) is 0 Å². The van der Waals surface area contributed by atoms with E-state index in [9.17, 15) is 14.4 Å². The van der Waals surface area contributed by atoms with Crippen molar-refractivity contribution in [3.63, 3.8) is 0 Å². The van der Waals surface area contributed by atoms with Gasteiger partial charge in [-0.2, -0.15) is 0 Å². The minimum absolute atomic E-state index is 0.108. The molecular weight excluding hydrogens is 532 g/mol. The SMILES string of the molecule is C=CC(=O)N1CC2(CCN(c3nc4c(c(C5=[C](C)[In][CH]=N5)c3C#N)CCC(C)(C)C4)[C@H]2CF)C1. The number of fused-ring (bicyclic) bond motifs is 1. The molecule has 2 fully saturated rings. The molecule has 2 saturated heterocycles. The number of carbonyl (C=O) groups excluding carboxylic acids is 1. The molecule has 1 atom stereocenters. The van der Waals surface area contributed by atoms with Crippen LogP contribution in [0.15, 0.2) is 21.0 Å². The van der Waals surface area contributed by atoms with Gasteiger partial charge in [0.25, 0.3) is 0 Å². The molecule has 4 heterocycles.